The van der Waals surface area contributed by atoms with Gasteiger partial charge in [-0.1, -0.05) is 17.7 Å². The first-order valence-electron chi connectivity index (χ1n) is 10.8. The molecule has 1 aliphatic carbocycles. The highest BCUT2D eigenvalue weighted by atomic mass is 16.6. The molecular formula is C23H26N2O6. The minimum atomic E-state index is -1.15. The van der Waals surface area contributed by atoms with E-state index in [1.807, 2.05) is 13.0 Å². The average molecular weight is 426 g/mol. The maximum absolute atomic E-state index is 13.8. The van der Waals surface area contributed by atoms with Crippen molar-refractivity contribution < 1.29 is 28.9 Å². The number of carbonyl (C=O) groups is 2. The van der Waals surface area contributed by atoms with Gasteiger partial charge in [0.25, 0.3) is 0 Å². The van der Waals surface area contributed by atoms with Crippen LogP contribution < -0.4 is 5.32 Å². The lowest BCUT2D eigenvalue weighted by molar-refractivity contribution is -0.196. The minimum absolute atomic E-state index is 0.0598. The van der Waals surface area contributed by atoms with E-state index < -0.39 is 22.5 Å². The number of hydrogen-bond acceptors (Lipinski definition) is 8. The number of methoxy groups -OCH3 is 1. The Morgan fingerprint density at radius 1 is 1.42 bits per heavy atom. The summed E-state index contributed by atoms with van der Waals surface area (Å²) in [5.74, 6) is -0.827. The second-order valence-corrected chi connectivity index (χ2v) is 9.36. The summed E-state index contributed by atoms with van der Waals surface area (Å²) in [6.07, 6.45) is 3.20. The number of fused-ring (bicyclic) bond motifs is 4. The topological polar surface area (TPSA) is 97.3 Å². The second-order valence-electron chi connectivity index (χ2n) is 9.36. The third-order valence-electron chi connectivity index (χ3n) is 8.51. The van der Waals surface area contributed by atoms with Gasteiger partial charge in [0, 0.05) is 37.6 Å². The Labute approximate surface area is 180 Å². The third kappa shape index (κ3) is 1.87. The number of phenolic OH excluding ortho intramolecular Hbond substituents is 1. The highest BCUT2D eigenvalue weighted by Crippen LogP contribution is 2.76. The molecule has 2 N–H and O–H groups in total. The van der Waals surface area contributed by atoms with E-state index in [-0.39, 0.29) is 36.5 Å². The summed E-state index contributed by atoms with van der Waals surface area (Å²) in [6, 6.07) is 5.27. The van der Waals surface area contributed by atoms with E-state index in [9.17, 15) is 14.7 Å². The largest absolute Gasteiger partial charge is 0.508 e. The molecule has 1 saturated carbocycles. The molecular weight excluding hydrogens is 400 g/mol. The van der Waals surface area contributed by atoms with Crippen LogP contribution in [0.3, 0.4) is 0 Å². The van der Waals surface area contributed by atoms with Crippen molar-refractivity contribution in [2.75, 3.05) is 25.6 Å². The maximum Gasteiger partial charge on any atom is 0.317 e. The fraction of sp³-hybridized carbons (Fsp3) is 0.565. The van der Waals surface area contributed by atoms with Gasteiger partial charge in [0.05, 0.1) is 18.6 Å². The number of piperidine rings is 2. The minimum Gasteiger partial charge on any atom is -0.508 e. The van der Waals surface area contributed by atoms with E-state index in [4.69, 9.17) is 14.2 Å². The van der Waals surface area contributed by atoms with Gasteiger partial charge in [-0.3, -0.25) is 14.5 Å². The van der Waals surface area contributed by atoms with Crippen LogP contribution in [0.1, 0.15) is 32.3 Å². The average Bonchev–Trinajstić information content (AvgIpc) is 3.34. The van der Waals surface area contributed by atoms with Crippen molar-refractivity contribution in [1.82, 2.24) is 4.90 Å². The first kappa shape index (κ1) is 19.1. The van der Waals surface area contributed by atoms with Crippen LogP contribution in [0.15, 0.2) is 29.8 Å². The summed E-state index contributed by atoms with van der Waals surface area (Å²) < 4.78 is 17.8. The zero-order chi connectivity index (χ0) is 21.8. The maximum atomic E-state index is 13.8. The first-order chi connectivity index (χ1) is 14.8. The Kier molecular flexibility index (Phi) is 3.58. The first-order valence-corrected chi connectivity index (χ1v) is 10.8. The molecule has 3 saturated heterocycles. The standard InChI is InChI=1S/C23H26N2O6/c1-4-13-10-25-18-8-16(13)21(20(28)29-3,11-30-12(2)26)22-9-19(25)31-23(18,22)24-17-7-14(27)5-6-15(17)22/h4-7,16,18-19,24,27H,8-11H2,1-3H3/b13-4-/t16-,18-,19-,21-,22-,23-/m0/s1. The van der Waals surface area contributed by atoms with Crippen molar-refractivity contribution in [1.29, 1.82) is 0 Å². The lowest BCUT2D eigenvalue weighted by Crippen LogP contribution is -2.78. The van der Waals surface area contributed by atoms with Crippen molar-refractivity contribution >= 4 is 17.6 Å². The predicted molar refractivity (Wildman–Crippen MR) is 109 cm³/mol. The number of allylic oxidation sites excluding steroid dienone is 1. The van der Waals surface area contributed by atoms with Crippen molar-refractivity contribution in [2.24, 2.45) is 11.3 Å². The molecule has 1 spiro atoms. The molecule has 5 aliphatic rings. The van der Waals surface area contributed by atoms with Crippen LogP contribution in [0.2, 0.25) is 0 Å². The van der Waals surface area contributed by atoms with Gasteiger partial charge in [0.2, 0.25) is 0 Å². The van der Waals surface area contributed by atoms with Gasteiger partial charge >= 0.3 is 11.9 Å². The molecule has 164 valence electrons. The number of anilines is 1. The Morgan fingerprint density at radius 3 is 2.94 bits per heavy atom. The van der Waals surface area contributed by atoms with Crippen molar-refractivity contribution in [3.05, 3.63) is 35.4 Å². The van der Waals surface area contributed by atoms with Gasteiger partial charge < -0.3 is 24.6 Å². The number of rotatable bonds is 3. The number of ether oxygens (including phenoxy) is 3. The molecule has 4 heterocycles. The van der Waals surface area contributed by atoms with Crippen molar-refractivity contribution in [3.8, 4) is 5.75 Å². The highest BCUT2D eigenvalue weighted by Gasteiger charge is 2.87. The summed E-state index contributed by atoms with van der Waals surface area (Å²) in [5.41, 5.74) is 0.0158. The SMILES string of the molecule is C/C=C1/CN2[C@@H]3C[C@@]45c6ccc(O)cc6N[C@]4(O3)[C@@H]2C[C@@H]1[C@@]5(COC(C)=O)C(=O)OC. The molecule has 0 aromatic heterocycles. The van der Waals surface area contributed by atoms with Crippen LogP contribution in [0.4, 0.5) is 5.69 Å². The van der Waals surface area contributed by atoms with E-state index >= 15 is 0 Å². The molecule has 0 radical (unpaired) electrons. The van der Waals surface area contributed by atoms with Gasteiger partial charge in [0.1, 0.15) is 24.0 Å². The van der Waals surface area contributed by atoms with E-state index in [1.54, 1.807) is 12.1 Å². The van der Waals surface area contributed by atoms with Gasteiger partial charge in [-0.2, -0.15) is 0 Å². The zero-order valence-electron chi connectivity index (χ0n) is 17.8. The molecule has 8 heteroatoms. The normalized spacial score (nSPS) is 42.3. The van der Waals surface area contributed by atoms with Crippen LogP contribution in [0.25, 0.3) is 0 Å². The van der Waals surface area contributed by atoms with E-state index in [1.165, 1.54) is 14.0 Å². The van der Waals surface area contributed by atoms with Crippen LogP contribution in [0.5, 0.6) is 5.75 Å². The molecule has 6 atom stereocenters. The summed E-state index contributed by atoms with van der Waals surface area (Å²) in [7, 11) is 1.39. The molecule has 1 aromatic rings. The zero-order valence-corrected chi connectivity index (χ0v) is 17.8. The van der Waals surface area contributed by atoms with Crippen LogP contribution in [0, 0.1) is 11.3 Å². The number of aromatic hydroxyl groups is 1. The number of esters is 2. The van der Waals surface area contributed by atoms with Crippen LogP contribution >= 0.6 is 0 Å². The smallest absolute Gasteiger partial charge is 0.317 e. The highest BCUT2D eigenvalue weighted by molar-refractivity contribution is 5.86. The Morgan fingerprint density at radius 2 is 2.23 bits per heavy atom. The summed E-state index contributed by atoms with van der Waals surface area (Å²) in [6.45, 7) is 3.98. The van der Waals surface area contributed by atoms with Gasteiger partial charge in [-0.25, -0.2) is 0 Å². The number of nitrogens with zero attached hydrogens (tertiary/aromatic N) is 1. The molecule has 4 fully saturated rings. The quantitative estimate of drug-likeness (QED) is 0.559. The second kappa shape index (κ2) is 5.81. The summed E-state index contributed by atoms with van der Waals surface area (Å²) in [4.78, 5) is 28.2. The summed E-state index contributed by atoms with van der Waals surface area (Å²) in [5, 5.41) is 13.7. The van der Waals surface area contributed by atoms with Gasteiger partial charge in [-0.05, 0) is 25.0 Å². The number of hydrogen-bond donors (Lipinski definition) is 2. The fourth-order valence-corrected chi connectivity index (χ4v) is 7.56. The lowest BCUT2D eigenvalue weighted by Gasteiger charge is -2.64. The Hall–Kier alpha value is -2.58. The Bertz CT molecular complexity index is 1050. The van der Waals surface area contributed by atoms with E-state index in [0.717, 1.165) is 16.8 Å². The monoisotopic (exact) mass is 426 g/mol. The number of nitrogens with one attached hydrogen (secondary N) is 1. The molecule has 4 bridgehead atoms. The molecule has 31 heavy (non-hydrogen) atoms. The number of benzene rings is 1. The lowest BCUT2D eigenvalue weighted by atomic mass is 9.42. The van der Waals surface area contributed by atoms with E-state index in [2.05, 4.69) is 16.3 Å². The molecule has 6 rings (SSSR count). The molecule has 8 nitrogen and oxygen atoms in total. The number of carbonyl (C=O) groups excluding carboxylic acids is 2. The summed E-state index contributed by atoms with van der Waals surface area (Å²) >= 11 is 0. The third-order valence-corrected chi connectivity index (χ3v) is 8.51. The Balaban J connectivity index is 1.69. The predicted octanol–water partition coefficient (Wildman–Crippen LogP) is 1.88. The van der Waals surface area contributed by atoms with Gasteiger partial charge in [0.15, 0.2) is 5.72 Å². The van der Waals surface area contributed by atoms with Crippen molar-refractivity contribution in [2.45, 2.75) is 50.1 Å². The molecule has 0 unspecified atom stereocenters. The number of phenols is 1. The molecule has 4 aliphatic heterocycles. The van der Waals surface area contributed by atoms with Gasteiger partial charge in [-0.15, -0.1) is 0 Å². The molecule has 0 amide bonds. The van der Waals surface area contributed by atoms with Crippen LogP contribution in [-0.2, 0) is 29.2 Å². The molecule has 1 aromatic carbocycles. The van der Waals surface area contributed by atoms with Crippen LogP contribution in [-0.4, -0.2) is 60.2 Å². The van der Waals surface area contributed by atoms with Crippen molar-refractivity contribution in [3.63, 3.8) is 0 Å². The fourth-order valence-electron chi connectivity index (χ4n) is 7.56. The van der Waals surface area contributed by atoms with E-state index in [0.29, 0.717) is 19.4 Å².